The third-order valence-electron chi connectivity index (χ3n) is 4.07. The van der Waals surface area contributed by atoms with E-state index in [-0.39, 0.29) is 12.1 Å². The molecule has 0 amide bonds. The van der Waals surface area contributed by atoms with Crippen molar-refractivity contribution in [2.24, 2.45) is 11.7 Å². The van der Waals surface area contributed by atoms with Gasteiger partial charge in [0.2, 0.25) is 0 Å². The summed E-state index contributed by atoms with van der Waals surface area (Å²) in [6, 6.07) is 4.35. The van der Waals surface area contributed by atoms with E-state index in [2.05, 4.69) is 18.7 Å². The minimum atomic E-state index is 0.110. The van der Waals surface area contributed by atoms with Crippen LogP contribution in [0.25, 0.3) is 0 Å². The van der Waals surface area contributed by atoms with E-state index >= 15 is 0 Å². The zero-order valence-corrected chi connectivity index (χ0v) is 11.6. The van der Waals surface area contributed by atoms with Gasteiger partial charge in [-0.1, -0.05) is 19.8 Å². The lowest BCUT2D eigenvalue weighted by atomic mass is 9.90. The van der Waals surface area contributed by atoms with Crippen molar-refractivity contribution in [1.29, 1.82) is 0 Å². The summed E-state index contributed by atoms with van der Waals surface area (Å²) in [5.41, 5.74) is 6.15. The molecule has 0 bridgehead atoms. The third kappa shape index (κ3) is 3.15. The maximum absolute atomic E-state index is 6.15. The molecule has 1 fully saturated rings. The Balaban J connectivity index is 1.97. The van der Waals surface area contributed by atoms with Crippen molar-refractivity contribution >= 4 is 0 Å². The fraction of sp³-hybridized carbons (Fsp3) is 0.733. The number of rotatable bonds is 5. The molecule has 0 saturated carbocycles. The highest BCUT2D eigenvalue weighted by Crippen LogP contribution is 2.30. The summed E-state index contributed by atoms with van der Waals surface area (Å²) in [6.07, 6.45) is 7.03. The van der Waals surface area contributed by atoms with Gasteiger partial charge in [0.15, 0.2) is 0 Å². The average molecular weight is 250 g/mol. The Morgan fingerprint density at radius 2 is 2.17 bits per heavy atom. The first-order valence-electron chi connectivity index (χ1n) is 7.25. The van der Waals surface area contributed by atoms with E-state index in [0.717, 1.165) is 24.8 Å². The first-order valence-corrected chi connectivity index (χ1v) is 7.25. The van der Waals surface area contributed by atoms with Crippen LogP contribution in [0.5, 0.6) is 0 Å². The molecule has 2 N–H and O–H groups in total. The number of nitrogens with two attached hydrogens (primary N) is 1. The van der Waals surface area contributed by atoms with Gasteiger partial charge in [-0.3, -0.25) is 4.90 Å². The molecule has 0 aliphatic carbocycles. The van der Waals surface area contributed by atoms with Gasteiger partial charge in [0.05, 0.1) is 12.3 Å². The molecule has 1 saturated heterocycles. The van der Waals surface area contributed by atoms with Crippen LogP contribution in [0.15, 0.2) is 22.8 Å². The molecule has 2 atom stereocenters. The minimum Gasteiger partial charge on any atom is -0.468 e. The summed E-state index contributed by atoms with van der Waals surface area (Å²) in [7, 11) is 0. The van der Waals surface area contributed by atoms with Gasteiger partial charge in [-0.15, -0.1) is 0 Å². The van der Waals surface area contributed by atoms with Crippen molar-refractivity contribution in [3.05, 3.63) is 24.2 Å². The van der Waals surface area contributed by atoms with E-state index in [0.29, 0.717) is 0 Å². The molecular formula is C15H26N2O. The lowest BCUT2D eigenvalue weighted by Crippen LogP contribution is -2.43. The highest BCUT2D eigenvalue weighted by atomic mass is 16.3. The Bertz CT molecular complexity index is 326. The Kier molecular flexibility index (Phi) is 4.84. The van der Waals surface area contributed by atoms with Gasteiger partial charge in [-0.05, 0) is 50.9 Å². The predicted octanol–water partition coefficient (Wildman–Crippen LogP) is 3.18. The van der Waals surface area contributed by atoms with Crippen molar-refractivity contribution in [2.75, 3.05) is 13.1 Å². The molecule has 18 heavy (non-hydrogen) atoms. The van der Waals surface area contributed by atoms with Gasteiger partial charge in [-0.2, -0.15) is 0 Å². The molecule has 2 unspecified atom stereocenters. The summed E-state index contributed by atoms with van der Waals surface area (Å²) in [4.78, 5) is 2.50. The smallest absolute Gasteiger partial charge is 0.122 e. The van der Waals surface area contributed by atoms with Crippen molar-refractivity contribution < 1.29 is 4.42 Å². The van der Waals surface area contributed by atoms with Gasteiger partial charge in [0, 0.05) is 6.04 Å². The molecule has 3 nitrogen and oxygen atoms in total. The van der Waals surface area contributed by atoms with Crippen LogP contribution in [0.2, 0.25) is 0 Å². The number of furan rings is 1. The fourth-order valence-corrected chi connectivity index (χ4v) is 3.16. The van der Waals surface area contributed by atoms with Gasteiger partial charge in [0.25, 0.3) is 0 Å². The van der Waals surface area contributed by atoms with Crippen LogP contribution in [0.4, 0.5) is 0 Å². The van der Waals surface area contributed by atoms with E-state index in [9.17, 15) is 0 Å². The number of piperidine rings is 1. The maximum atomic E-state index is 6.15. The van der Waals surface area contributed by atoms with Crippen molar-refractivity contribution in [3.8, 4) is 0 Å². The second-order valence-corrected chi connectivity index (χ2v) is 5.59. The molecule has 2 heterocycles. The summed E-state index contributed by atoms with van der Waals surface area (Å²) < 4.78 is 5.56. The van der Waals surface area contributed by atoms with Crippen LogP contribution >= 0.6 is 0 Å². The Labute approximate surface area is 110 Å². The van der Waals surface area contributed by atoms with E-state index in [1.54, 1.807) is 6.26 Å². The average Bonchev–Trinajstić information content (AvgIpc) is 2.85. The highest BCUT2D eigenvalue weighted by molar-refractivity contribution is 5.07. The topological polar surface area (TPSA) is 42.4 Å². The zero-order chi connectivity index (χ0) is 13.0. The SMILES string of the molecule is CCCC1CCN(C(c2ccco2)C(C)N)CC1. The third-order valence-corrected chi connectivity index (χ3v) is 4.07. The molecule has 1 aliphatic heterocycles. The van der Waals surface area contributed by atoms with E-state index in [1.165, 1.54) is 25.7 Å². The number of nitrogens with zero attached hydrogens (tertiary/aromatic N) is 1. The molecule has 0 radical (unpaired) electrons. The molecule has 102 valence electrons. The summed E-state index contributed by atoms with van der Waals surface area (Å²) >= 11 is 0. The normalized spacial score (nSPS) is 21.9. The summed E-state index contributed by atoms with van der Waals surface area (Å²) in [5.74, 6) is 1.93. The maximum Gasteiger partial charge on any atom is 0.122 e. The Hall–Kier alpha value is -0.800. The van der Waals surface area contributed by atoms with Crippen molar-refractivity contribution in [2.45, 2.75) is 51.6 Å². The van der Waals surface area contributed by atoms with Crippen LogP contribution in [0.1, 0.15) is 51.3 Å². The van der Waals surface area contributed by atoms with Crippen LogP contribution in [0, 0.1) is 5.92 Å². The lowest BCUT2D eigenvalue weighted by Gasteiger charge is -2.38. The molecule has 1 aliphatic rings. The quantitative estimate of drug-likeness (QED) is 0.872. The standard InChI is InChI=1S/C15H26N2O/c1-3-5-13-7-9-17(10-8-13)15(12(2)16)14-6-4-11-18-14/h4,6,11-13,15H,3,5,7-10,16H2,1-2H3. The number of hydrogen-bond donors (Lipinski definition) is 1. The first kappa shape index (κ1) is 13.6. The van der Waals surface area contributed by atoms with Gasteiger partial charge < -0.3 is 10.2 Å². The van der Waals surface area contributed by atoms with Crippen molar-refractivity contribution in [3.63, 3.8) is 0 Å². The summed E-state index contributed by atoms with van der Waals surface area (Å²) in [6.45, 7) is 6.65. The van der Waals surface area contributed by atoms with Gasteiger partial charge in [0.1, 0.15) is 5.76 Å². The molecule has 2 rings (SSSR count). The minimum absolute atomic E-state index is 0.110. The number of hydrogen-bond acceptors (Lipinski definition) is 3. The first-order chi connectivity index (χ1) is 8.72. The van der Waals surface area contributed by atoms with Crippen LogP contribution < -0.4 is 5.73 Å². The fourth-order valence-electron chi connectivity index (χ4n) is 3.16. The van der Waals surface area contributed by atoms with Gasteiger partial charge in [-0.25, -0.2) is 0 Å². The van der Waals surface area contributed by atoms with Crippen LogP contribution in [-0.4, -0.2) is 24.0 Å². The molecule has 0 spiro atoms. The number of likely N-dealkylation sites (tertiary alicyclic amines) is 1. The second-order valence-electron chi connectivity index (χ2n) is 5.59. The van der Waals surface area contributed by atoms with Crippen molar-refractivity contribution in [1.82, 2.24) is 4.90 Å². The van der Waals surface area contributed by atoms with Crippen LogP contribution in [0.3, 0.4) is 0 Å². The summed E-state index contributed by atoms with van der Waals surface area (Å²) in [5, 5.41) is 0. The predicted molar refractivity (Wildman–Crippen MR) is 74.3 cm³/mol. The molecule has 1 aromatic heterocycles. The van der Waals surface area contributed by atoms with E-state index < -0.39 is 0 Å². The second kappa shape index (κ2) is 6.39. The van der Waals surface area contributed by atoms with Gasteiger partial charge >= 0.3 is 0 Å². The van der Waals surface area contributed by atoms with Crippen LogP contribution in [-0.2, 0) is 0 Å². The monoisotopic (exact) mass is 250 g/mol. The Morgan fingerprint density at radius 3 is 2.67 bits per heavy atom. The lowest BCUT2D eigenvalue weighted by molar-refractivity contribution is 0.102. The zero-order valence-electron chi connectivity index (χ0n) is 11.6. The molecule has 0 aromatic carbocycles. The highest BCUT2D eigenvalue weighted by Gasteiger charge is 2.29. The Morgan fingerprint density at radius 1 is 1.44 bits per heavy atom. The van der Waals surface area contributed by atoms with E-state index in [4.69, 9.17) is 10.2 Å². The molecule has 1 aromatic rings. The molecule has 3 heteroatoms. The largest absolute Gasteiger partial charge is 0.468 e. The van der Waals surface area contributed by atoms with E-state index in [1.807, 2.05) is 12.1 Å². The molecular weight excluding hydrogens is 224 g/mol.